The Kier molecular flexibility index (Phi) is 6.24. The lowest BCUT2D eigenvalue weighted by Gasteiger charge is -2.16. The molecule has 0 unspecified atom stereocenters. The highest BCUT2D eigenvalue weighted by Gasteiger charge is 2.17. The number of aromatic nitrogens is 1. The van der Waals surface area contributed by atoms with Crippen molar-refractivity contribution < 1.29 is 23.8 Å². The molecule has 1 amide bonds. The molecule has 6 nitrogen and oxygen atoms in total. The van der Waals surface area contributed by atoms with Gasteiger partial charge in [0.05, 0.1) is 16.1 Å². The highest BCUT2D eigenvalue weighted by Crippen LogP contribution is 2.34. The maximum atomic E-state index is 13.4. The fraction of sp³-hybridized carbons (Fsp3) is 0.0800. The van der Waals surface area contributed by atoms with Gasteiger partial charge in [0, 0.05) is 28.9 Å². The molecule has 1 heterocycles. The van der Waals surface area contributed by atoms with Gasteiger partial charge in [0.2, 0.25) is 0 Å². The van der Waals surface area contributed by atoms with Crippen LogP contribution in [-0.4, -0.2) is 28.1 Å². The van der Waals surface area contributed by atoms with Gasteiger partial charge in [0.25, 0.3) is 5.91 Å². The lowest BCUT2D eigenvalue weighted by atomic mass is 10.0. The fourth-order valence-electron chi connectivity index (χ4n) is 3.38. The molecular weight excluding hydrogens is 447 g/mol. The second-order valence-corrected chi connectivity index (χ2v) is 7.70. The van der Waals surface area contributed by atoms with Crippen LogP contribution in [0.15, 0.2) is 72.9 Å². The minimum absolute atomic E-state index is 0.0686. The zero-order valence-corrected chi connectivity index (χ0v) is 18.1. The Morgan fingerprint density at radius 1 is 1.06 bits per heavy atom. The van der Waals surface area contributed by atoms with E-state index in [9.17, 15) is 14.0 Å². The Labute approximate surface area is 193 Å². The number of amides is 1. The van der Waals surface area contributed by atoms with Crippen molar-refractivity contribution in [3.63, 3.8) is 0 Å². The van der Waals surface area contributed by atoms with E-state index < -0.39 is 23.8 Å². The number of hydrogen-bond donors (Lipinski definition) is 2. The summed E-state index contributed by atoms with van der Waals surface area (Å²) in [4.78, 5) is 28.0. The number of carbonyl (C=O) groups excluding carboxylic acids is 1. The van der Waals surface area contributed by atoms with Gasteiger partial charge in [-0.1, -0.05) is 17.7 Å². The van der Waals surface area contributed by atoms with E-state index >= 15 is 0 Å². The Morgan fingerprint density at radius 3 is 2.64 bits per heavy atom. The molecule has 0 spiro atoms. The Balaban J connectivity index is 1.54. The highest BCUT2D eigenvalue weighted by atomic mass is 35.5. The van der Waals surface area contributed by atoms with Crippen LogP contribution in [-0.2, 0) is 4.79 Å². The van der Waals surface area contributed by atoms with Crippen molar-refractivity contribution in [2.24, 2.45) is 0 Å². The van der Waals surface area contributed by atoms with Crippen LogP contribution >= 0.6 is 11.6 Å². The van der Waals surface area contributed by atoms with Crippen LogP contribution in [0.2, 0.25) is 5.02 Å². The van der Waals surface area contributed by atoms with E-state index in [4.69, 9.17) is 21.4 Å². The molecule has 0 bridgehead atoms. The van der Waals surface area contributed by atoms with Crippen molar-refractivity contribution in [3.05, 3.63) is 89.3 Å². The van der Waals surface area contributed by atoms with E-state index in [1.807, 2.05) is 0 Å². The van der Waals surface area contributed by atoms with E-state index in [1.54, 1.807) is 55.6 Å². The smallest absolute Gasteiger partial charge is 0.335 e. The molecule has 0 aliphatic rings. The van der Waals surface area contributed by atoms with Crippen molar-refractivity contribution in [2.45, 2.75) is 13.0 Å². The van der Waals surface area contributed by atoms with Gasteiger partial charge in [0.15, 0.2) is 6.10 Å². The third-order valence-electron chi connectivity index (χ3n) is 4.99. The van der Waals surface area contributed by atoms with Crippen molar-refractivity contribution in [3.8, 4) is 16.9 Å². The minimum Gasteiger partial charge on any atom is -0.481 e. The number of rotatable bonds is 6. The van der Waals surface area contributed by atoms with Crippen LogP contribution in [0.5, 0.6) is 5.75 Å². The molecule has 3 aromatic carbocycles. The average molecular weight is 465 g/mol. The summed E-state index contributed by atoms with van der Waals surface area (Å²) >= 11 is 6.23. The summed E-state index contributed by atoms with van der Waals surface area (Å²) in [6.07, 6.45) is 0.762. The Morgan fingerprint density at radius 2 is 1.88 bits per heavy atom. The molecule has 0 saturated heterocycles. The molecule has 4 aromatic rings. The number of hydrogen-bond acceptors (Lipinski definition) is 4. The average Bonchev–Trinajstić information content (AvgIpc) is 2.79. The molecule has 1 aromatic heterocycles. The first-order chi connectivity index (χ1) is 15.8. The summed E-state index contributed by atoms with van der Waals surface area (Å²) in [5, 5.41) is 12.8. The van der Waals surface area contributed by atoms with Crippen LogP contribution in [0.1, 0.15) is 17.3 Å². The van der Waals surface area contributed by atoms with Crippen molar-refractivity contribution in [1.82, 2.24) is 4.98 Å². The number of aromatic carboxylic acids is 1. The van der Waals surface area contributed by atoms with Gasteiger partial charge in [-0.3, -0.25) is 9.78 Å². The van der Waals surface area contributed by atoms with Crippen LogP contribution in [0.25, 0.3) is 22.0 Å². The molecule has 8 heteroatoms. The number of nitrogens with zero attached hydrogens (tertiary/aromatic N) is 1. The third kappa shape index (κ3) is 4.94. The zero-order valence-electron chi connectivity index (χ0n) is 17.4. The molecule has 166 valence electrons. The van der Waals surface area contributed by atoms with E-state index in [-0.39, 0.29) is 5.56 Å². The molecule has 4 rings (SSSR count). The number of fused-ring (bicyclic) bond motifs is 1. The van der Waals surface area contributed by atoms with Crippen molar-refractivity contribution in [1.29, 1.82) is 0 Å². The second kappa shape index (κ2) is 9.26. The summed E-state index contributed by atoms with van der Waals surface area (Å²) in [7, 11) is 0. The normalized spacial score (nSPS) is 11.7. The maximum Gasteiger partial charge on any atom is 0.335 e. The van der Waals surface area contributed by atoms with Crippen molar-refractivity contribution >= 4 is 40.1 Å². The summed E-state index contributed by atoms with van der Waals surface area (Å²) in [5.41, 5.74) is 2.51. The molecular formula is C25H18ClFN2O4. The largest absolute Gasteiger partial charge is 0.481 e. The summed E-state index contributed by atoms with van der Waals surface area (Å²) in [6, 6.07) is 17.2. The molecule has 0 aliphatic heterocycles. The van der Waals surface area contributed by atoms with E-state index in [1.165, 1.54) is 24.3 Å². The van der Waals surface area contributed by atoms with Gasteiger partial charge >= 0.3 is 5.97 Å². The van der Waals surface area contributed by atoms with Gasteiger partial charge in [-0.2, -0.15) is 0 Å². The monoisotopic (exact) mass is 464 g/mol. The SMILES string of the molecule is C[C@@H](Oc1ccc2c(-c3ccc(F)cc3Cl)ccnc2c1)C(=O)Nc1cccc(C(=O)O)c1. The number of pyridine rings is 1. The number of carboxylic acid groups (broad SMARTS) is 1. The third-order valence-corrected chi connectivity index (χ3v) is 5.31. The Bertz CT molecular complexity index is 1380. The van der Waals surface area contributed by atoms with E-state index in [2.05, 4.69) is 10.3 Å². The predicted molar refractivity (Wildman–Crippen MR) is 124 cm³/mol. The Hall–Kier alpha value is -3.97. The number of halogens is 2. The van der Waals surface area contributed by atoms with Gasteiger partial charge in [-0.15, -0.1) is 0 Å². The van der Waals surface area contributed by atoms with Gasteiger partial charge in [-0.25, -0.2) is 9.18 Å². The summed E-state index contributed by atoms with van der Waals surface area (Å²) < 4.78 is 19.2. The summed E-state index contributed by atoms with van der Waals surface area (Å²) in [5.74, 6) is -1.50. The number of carbonyl (C=O) groups is 2. The van der Waals surface area contributed by atoms with Gasteiger partial charge in [-0.05, 0) is 67.1 Å². The van der Waals surface area contributed by atoms with Crippen LogP contribution < -0.4 is 10.1 Å². The quantitative estimate of drug-likeness (QED) is 0.376. The van der Waals surface area contributed by atoms with Gasteiger partial charge < -0.3 is 15.2 Å². The number of nitrogens with one attached hydrogen (secondary N) is 1. The minimum atomic E-state index is -1.08. The number of carboxylic acids is 1. The van der Waals surface area contributed by atoms with Crippen molar-refractivity contribution in [2.75, 3.05) is 5.32 Å². The van der Waals surface area contributed by atoms with Crippen LogP contribution in [0.3, 0.4) is 0 Å². The lowest BCUT2D eigenvalue weighted by Crippen LogP contribution is -2.30. The molecule has 1 atom stereocenters. The zero-order chi connectivity index (χ0) is 23.5. The predicted octanol–water partition coefficient (Wildman–Crippen LogP) is 5.80. The summed E-state index contributed by atoms with van der Waals surface area (Å²) in [6.45, 7) is 1.59. The molecule has 0 radical (unpaired) electrons. The fourth-order valence-corrected chi connectivity index (χ4v) is 3.64. The van der Waals surface area contributed by atoms with Gasteiger partial charge in [0.1, 0.15) is 11.6 Å². The molecule has 33 heavy (non-hydrogen) atoms. The van der Waals surface area contributed by atoms with E-state index in [0.717, 1.165) is 10.9 Å². The number of anilines is 1. The molecule has 2 N–H and O–H groups in total. The molecule has 0 fully saturated rings. The lowest BCUT2D eigenvalue weighted by molar-refractivity contribution is -0.122. The molecule has 0 aliphatic carbocycles. The maximum absolute atomic E-state index is 13.4. The first kappa shape index (κ1) is 22.2. The number of benzene rings is 3. The molecule has 0 saturated carbocycles. The van der Waals surface area contributed by atoms with E-state index in [0.29, 0.717) is 27.5 Å². The number of ether oxygens (including phenoxy) is 1. The standard InChI is InChI=1S/C25H18ClFN2O4/c1-14(24(30)29-17-4-2-3-15(11-17)25(31)32)33-18-6-8-21-19(9-10-28-23(21)13-18)20-7-5-16(27)12-22(20)26/h2-14H,1H3,(H,29,30)(H,31,32)/t14-/m1/s1. The first-order valence-electron chi connectivity index (χ1n) is 9.97. The highest BCUT2D eigenvalue weighted by molar-refractivity contribution is 6.33. The van der Waals surface area contributed by atoms with Crippen LogP contribution in [0.4, 0.5) is 10.1 Å². The topological polar surface area (TPSA) is 88.5 Å². The van der Waals surface area contributed by atoms with Crippen LogP contribution in [0, 0.1) is 5.82 Å². The second-order valence-electron chi connectivity index (χ2n) is 7.30. The first-order valence-corrected chi connectivity index (χ1v) is 10.3.